The molecule has 0 radical (unpaired) electrons. The molecule has 0 aromatic heterocycles. The number of anilines is 1. The normalized spacial score (nSPS) is 9.30. The minimum atomic E-state index is -0.329. The molecule has 0 aliphatic carbocycles. The lowest BCUT2D eigenvalue weighted by molar-refractivity contribution is -0.141. The van der Waals surface area contributed by atoms with E-state index in [0.29, 0.717) is 18.2 Å². The first-order valence-electron chi connectivity index (χ1n) is 6.26. The first-order chi connectivity index (χ1) is 9.65. The van der Waals surface area contributed by atoms with E-state index < -0.39 is 0 Å². The molecule has 0 saturated carbocycles. The summed E-state index contributed by atoms with van der Waals surface area (Å²) in [6.45, 7) is 2.11. The first kappa shape index (κ1) is 16.1. The van der Waals surface area contributed by atoms with Gasteiger partial charge in [-0.2, -0.15) is 0 Å². The van der Waals surface area contributed by atoms with Crippen LogP contribution in [0.15, 0.2) is 24.3 Å². The Hall–Kier alpha value is -1.99. The SMILES string of the molecule is CCOC(=O)CC#Cc1ccc(NC(=O)CCCl)cc1. The molecule has 1 aromatic carbocycles. The number of esters is 1. The van der Waals surface area contributed by atoms with Gasteiger partial charge in [0.25, 0.3) is 0 Å². The van der Waals surface area contributed by atoms with Gasteiger partial charge in [-0.3, -0.25) is 9.59 Å². The van der Waals surface area contributed by atoms with Crippen molar-refractivity contribution < 1.29 is 14.3 Å². The molecule has 5 heteroatoms. The molecule has 0 fully saturated rings. The topological polar surface area (TPSA) is 55.4 Å². The van der Waals surface area contributed by atoms with Crippen molar-refractivity contribution in [1.29, 1.82) is 0 Å². The van der Waals surface area contributed by atoms with Gasteiger partial charge in [-0.05, 0) is 31.2 Å². The van der Waals surface area contributed by atoms with Crippen molar-refractivity contribution in [2.45, 2.75) is 19.8 Å². The van der Waals surface area contributed by atoms with E-state index in [2.05, 4.69) is 17.2 Å². The Morgan fingerprint density at radius 3 is 2.60 bits per heavy atom. The van der Waals surface area contributed by atoms with E-state index in [9.17, 15) is 9.59 Å². The molecule has 0 spiro atoms. The minimum absolute atomic E-state index is 0.0715. The molecule has 1 N–H and O–H groups in total. The van der Waals surface area contributed by atoms with Crippen molar-refractivity contribution in [3.05, 3.63) is 29.8 Å². The molecular formula is C15H16ClNO3. The lowest BCUT2D eigenvalue weighted by Crippen LogP contribution is -2.11. The van der Waals surface area contributed by atoms with Crippen LogP contribution in [0.3, 0.4) is 0 Å². The van der Waals surface area contributed by atoms with Crippen LogP contribution in [0.1, 0.15) is 25.3 Å². The maximum absolute atomic E-state index is 11.3. The second-order valence-corrected chi connectivity index (χ2v) is 4.23. The molecule has 1 aromatic rings. The van der Waals surface area contributed by atoms with Crippen molar-refractivity contribution in [3.63, 3.8) is 0 Å². The highest BCUT2D eigenvalue weighted by atomic mass is 35.5. The van der Waals surface area contributed by atoms with E-state index in [4.69, 9.17) is 16.3 Å². The second-order valence-electron chi connectivity index (χ2n) is 3.85. The van der Waals surface area contributed by atoms with Gasteiger partial charge in [-0.1, -0.05) is 11.8 Å². The Bertz CT molecular complexity index is 514. The first-order valence-corrected chi connectivity index (χ1v) is 6.79. The van der Waals surface area contributed by atoms with Gasteiger partial charge in [-0.25, -0.2) is 0 Å². The van der Waals surface area contributed by atoms with Gasteiger partial charge in [0.2, 0.25) is 5.91 Å². The van der Waals surface area contributed by atoms with Crippen molar-refractivity contribution in [2.24, 2.45) is 0 Å². The van der Waals surface area contributed by atoms with E-state index in [-0.39, 0.29) is 24.7 Å². The van der Waals surface area contributed by atoms with Crippen LogP contribution in [-0.2, 0) is 14.3 Å². The van der Waals surface area contributed by atoms with E-state index in [1.807, 2.05) is 0 Å². The van der Waals surface area contributed by atoms with E-state index >= 15 is 0 Å². The Kier molecular flexibility index (Phi) is 7.23. The number of carbonyl (C=O) groups is 2. The smallest absolute Gasteiger partial charge is 0.317 e. The molecule has 4 nitrogen and oxygen atoms in total. The average Bonchev–Trinajstić information content (AvgIpc) is 2.41. The van der Waals surface area contributed by atoms with Crippen molar-refractivity contribution in [1.82, 2.24) is 0 Å². The number of hydrogen-bond acceptors (Lipinski definition) is 3. The second kappa shape index (κ2) is 9.00. The number of alkyl halides is 1. The summed E-state index contributed by atoms with van der Waals surface area (Å²) in [7, 11) is 0. The van der Waals surface area contributed by atoms with E-state index in [0.717, 1.165) is 5.56 Å². The van der Waals surface area contributed by atoms with Gasteiger partial charge < -0.3 is 10.1 Å². The van der Waals surface area contributed by atoms with Crippen LogP contribution < -0.4 is 5.32 Å². The number of halogens is 1. The Balaban J connectivity index is 2.52. The minimum Gasteiger partial charge on any atom is -0.465 e. The summed E-state index contributed by atoms with van der Waals surface area (Å²) in [4.78, 5) is 22.4. The fourth-order valence-electron chi connectivity index (χ4n) is 1.38. The number of nitrogens with one attached hydrogen (secondary N) is 1. The Labute approximate surface area is 123 Å². The van der Waals surface area contributed by atoms with Gasteiger partial charge >= 0.3 is 5.97 Å². The fourth-order valence-corrected chi connectivity index (χ4v) is 1.55. The molecule has 0 atom stereocenters. The van der Waals surface area contributed by atoms with Crippen molar-refractivity contribution in [3.8, 4) is 11.8 Å². The molecule has 20 heavy (non-hydrogen) atoms. The summed E-state index contributed by atoms with van der Waals surface area (Å²) >= 11 is 5.48. The van der Waals surface area contributed by atoms with Crippen molar-refractivity contribution >= 4 is 29.2 Å². The molecule has 0 unspecified atom stereocenters. The third kappa shape index (κ3) is 6.26. The number of amides is 1. The average molecular weight is 294 g/mol. The van der Waals surface area contributed by atoms with Gasteiger partial charge in [0.05, 0.1) is 6.61 Å². The molecule has 0 aliphatic heterocycles. The number of hydrogen-bond donors (Lipinski definition) is 1. The molecule has 0 bridgehead atoms. The van der Waals surface area contributed by atoms with Gasteiger partial charge in [0, 0.05) is 23.6 Å². The summed E-state index contributed by atoms with van der Waals surface area (Å²) in [6, 6.07) is 7.05. The van der Waals surface area contributed by atoms with Crippen LogP contribution in [0.2, 0.25) is 0 Å². The van der Waals surface area contributed by atoms with Gasteiger partial charge in [0.1, 0.15) is 6.42 Å². The molecule has 0 aliphatic rings. The summed E-state index contributed by atoms with van der Waals surface area (Å²) in [6.07, 6.45) is 0.352. The standard InChI is InChI=1S/C15H16ClNO3/c1-2-20-15(19)5-3-4-12-6-8-13(9-7-12)17-14(18)10-11-16/h6-9H,2,5,10-11H2,1H3,(H,17,18). The predicted octanol–water partition coefficient (Wildman–Crippen LogP) is 2.56. The zero-order chi connectivity index (χ0) is 14.8. The van der Waals surface area contributed by atoms with E-state index in [1.54, 1.807) is 31.2 Å². The third-order valence-corrected chi connectivity index (χ3v) is 2.45. The monoisotopic (exact) mass is 293 g/mol. The fraction of sp³-hybridized carbons (Fsp3) is 0.333. The quantitative estimate of drug-likeness (QED) is 0.516. The predicted molar refractivity (Wildman–Crippen MR) is 78.5 cm³/mol. The molecular weight excluding hydrogens is 278 g/mol. The van der Waals surface area contributed by atoms with Crippen LogP contribution in [0.5, 0.6) is 0 Å². The van der Waals surface area contributed by atoms with Gasteiger partial charge in [-0.15, -0.1) is 11.6 Å². The Morgan fingerprint density at radius 2 is 2.00 bits per heavy atom. The summed E-state index contributed by atoms with van der Waals surface area (Å²) in [5.74, 6) is 5.43. The highest BCUT2D eigenvalue weighted by molar-refractivity contribution is 6.19. The maximum Gasteiger partial charge on any atom is 0.317 e. The number of benzene rings is 1. The summed E-state index contributed by atoms with van der Waals surface area (Å²) in [5.41, 5.74) is 1.46. The zero-order valence-electron chi connectivity index (χ0n) is 11.2. The molecule has 0 saturated heterocycles. The Morgan fingerprint density at radius 1 is 1.30 bits per heavy atom. The lowest BCUT2D eigenvalue weighted by atomic mass is 10.2. The summed E-state index contributed by atoms with van der Waals surface area (Å²) < 4.78 is 4.77. The number of rotatable bonds is 5. The number of ether oxygens (including phenoxy) is 1. The maximum atomic E-state index is 11.3. The molecule has 1 amide bonds. The van der Waals surface area contributed by atoms with E-state index in [1.165, 1.54) is 0 Å². The van der Waals surface area contributed by atoms with Crippen LogP contribution in [0.25, 0.3) is 0 Å². The highest BCUT2D eigenvalue weighted by Crippen LogP contribution is 2.09. The van der Waals surface area contributed by atoms with Crippen LogP contribution >= 0.6 is 11.6 Å². The summed E-state index contributed by atoms with van der Waals surface area (Å²) in [5, 5.41) is 2.72. The van der Waals surface area contributed by atoms with Crippen molar-refractivity contribution in [2.75, 3.05) is 17.8 Å². The largest absolute Gasteiger partial charge is 0.465 e. The van der Waals surface area contributed by atoms with Crippen LogP contribution in [-0.4, -0.2) is 24.4 Å². The lowest BCUT2D eigenvalue weighted by Gasteiger charge is -2.03. The van der Waals surface area contributed by atoms with Crippen LogP contribution in [0, 0.1) is 11.8 Å². The zero-order valence-corrected chi connectivity index (χ0v) is 12.0. The molecule has 0 heterocycles. The number of carbonyl (C=O) groups excluding carboxylic acids is 2. The third-order valence-electron chi connectivity index (χ3n) is 2.26. The highest BCUT2D eigenvalue weighted by Gasteiger charge is 2.00. The molecule has 106 valence electrons. The molecule has 1 rings (SSSR count). The van der Waals surface area contributed by atoms with Crippen LogP contribution in [0.4, 0.5) is 5.69 Å². The van der Waals surface area contributed by atoms with Gasteiger partial charge in [0.15, 0.2) is 0 Å².